The summed E-state index contributed by atoms with van der Waals surface area (Å²) in [5.74, 6) is 1.70. The molecule has 3 aromatic rings. The van der Waals surface area contributed by atoms with Crippen molar-refractivity contribution in [3.8, 4) is 0 Å². The number of aryl methyl sites for hydroxylation is 1. The van der Waals surface area contributed by atoms with E-state index in [1.807, 2.05) is 22.2 Å². The number of fused-ring (bicyclic) bond motifs is 1. The van der Waals surface area contributed by atoms with Gasteiger partial charge in [-0.3, -0.25) is 4.79 Å². The minimum Gasteiger partial charge on any atom is -0.327 e. The normalized spacial score (nSPS) is 11.2. The number of nitrogens with one attached hydrogen (secondary N) is 1. The van der Waals surface area contributed by atoms with E-state index in [0.717, 1.165) is 24.2 Å². The predicted octanol–water partition coefficient (Wildman–Crippen LogP) is 2.18. The van der Waals surface area contributed by atoms with Gasteiger partial charge in [-0.25, -0.2) is 9.97 Å². The Balaban J connectivity index is 1.96. The summed E-state index contributed by atoms with van der Waals surface area (Å²) in [6, 6.07) is 1.87. The topological polar surface area (TPSA) is 63.6 Å². The smallest absolute Gasteiger partial charge is 0.268 e. The molecule has 1 N–H and O–H groups in total. The first kappa shape index (κ1) is 12.1. The Hall–Kier alpha value is -1.95. The van der Waals surface area contributed by atoms with Gasteiger partial charge in [-0.05, 0) is 17.9 Å². The van der Waals surface area contributed by atoms with E-state index in [2.05, 4.69) is 21.9 Å². The molecule has 5 nitrogen and oxygen atoms in total. The van der Waals surface area contributed by atoms with Gasteiger partial charge in [0.2, 0.25) is 0 Å². The summed E-state index contributed by atoms with van der Waals surface area (Å²) in [4.78, 5) is 23.5. The molecule has 0 aliphatic rings. The van der Waals surface area contributed by atoms with Gasteiger partial charge >= 0.3 is 0 Å². The maximum atomic E-state index is 11.9. The molecule has 0 bridgehead atoms. The molecule has 0 atom stereocenters. The first-order chi connectivity index (χ1) is 9.28. The fourth-order valence-corrected chi connectivity index (χ4v) is 2.82. The number of hydrogen-bond donors (Lipinski definition) is 1. The quantitative estimate of drug-likeness (QED) is 0.793. The number of H-pyrrole nitrogens is 1. The fraction of sp³-hybridized carbons (Fsp3) is 0.308. The highest BCUT2D eigenvalue weighted by atomic mass is 32.1. The molecule has 0 aliphatic heterocycles. The molecule has 0 saturated heterocycles. The van der Waals surface area contributed by atoms with Crippen molar-refractivity contribution in [1.29, 1.82) is 0 Å². The monoisotopic (exact) mass is 274 g/mol. The van der Waals surface area contributed by atoms with Crippen LogP contribution in [0.15, 0.2) is 28.6 Å². The third-order valence-electron chi connectivity index (χ3n) is 2.96. The van der Waals surface area contributed by atoms with Gasteiger partial charge < -0.3 is 9.55 Å². The van der Waals surface area contributed by atoms with Crippen LogP contribution in [0.5, 0.6) is 0 Å². The standard InChI is InChI=1S/C13H14N4OS/c1-2-3-11-14-5-6-17(11)8-10-15-9-4-7-19-12(9)13(18)16-10/h4-7H,2-3,8H2,1H3,(H,15,16,18). The highest BCUT2D eigenvalue weighted by molar-refractivity contribution is 7.17. The Labute approximate surface area is 114 Å². The van der Waals surface area contributed by atoms with Crippen molar-refractivity contribution < 1.29 is 0 Å². The van der Waals surface area contributed by atoms with E-state index >= 15 is 0 Å². The van der Waals surface area contributed by atoms with E-state index in [-0.39, 0.29) is 5.56 Å². The molecule has 0 saturated carbocycles. The molecule has 0 unspecified atom stereocenters. The second-order valence-electron chi connectivity index (χ2n) is 4.37. The van der Waals surface area contributed by atoms with E-state index < -0.39 is 0 Å². The van der Waals surface area contributed by atoms with Crippen LogP contribution in [-0.2, 0) is 13.0 Å². The van der Waals surface area contributed by atoms with E-state index in [1.54, 1.807) is 6.20 Å². The number of aromatic nitrogens is 4. The number of hydrogen-bond acceptors (Lipinski definition) is 4. The van der Waals surface area contributed by atoms with Crippen LogP contribution in [0.2, 0.25) is 0 Å². The zero-order valence-corrected chi connectivity index (χ0v) is 11.4. The zero-order chi connectivity index (χ0) is 13.2. The van der Waals surface area contributed by atoms with Crippen molar-refractivity contribution in [2.24, 2.45) is 0 Å². The van der Waals surface area contributed by atoms with E-state index in [1.165, 1.54) is 11.3 Å². The fourth-order valence-electron chi connectivity index (χ4n) is 2.09. The average Bonchev–Trinajstić information content (AvgIpc) is 3.00. The van der Waals surface area contributed by atoms with E-state index in [4.69, 9.17) is 0 Å². The molecule has 3 heterocycles. The summed E-state index contributed by atoms with van der Waals surface area (Å²) in [5, 5.41) is 1.89. The lowest BCUT2D eigenvalue weighted by Gasteiger charge is -2.06. The third-order valence-corrected chi connectivity index (χ3v) is 3.86. The largest absolute Gasteiger partial charge is 0.327 e. The Morgan fingerprint density at radius 1 is 1.47 bits per heavy atom. The van der Waals surface area contributed by atoms with Crippen LogP contribution in [0.25, 0.3) is 10.2 Å². The van der Waals surface area contributed by atoms with Crippen molar-refractivity contribution >= 4 is 21.6 Å². The van der Waals surface area contributed by atoms with Crippen LogP contribution < -0.4 is 5.56 Å². The third kappa shape index (κ3) is 2.31. The van der Waals surface area contributed by atoms with Gasteiger partial charge in [0.1, 0.15) is 16.3 Å². The van der Waals surface area contributed by atoms with Crippen LogP contribution in [0.3, 0.4) is 0 Å². The summed E-state index contributed by atoms with van der Waals surface area (Å²) < 4.78 is 2.71. The highest BCUT2D eigenvalue weighted by Crippen LogP contribution is 2.14. The van der Waals surface area contributed by atoms with Crippen LogP contribution in [0.4, 0.5) is 0 Å². The molecular formula is C13H14N4OS. The summed E-state index contributed by atoms with van der Waals surface area (Å²) >= 11 is 1.42. The zero-order valence-electron chi connectivity index (χ0n) is 10.6. The van der Waals surface area contributed by atoms with Crippen molar-refractivity contribution in [2.75, 3.05) is 0 Å². The van der Waals surface area contributed by atoms with Crippen LogP contribution >= 0.6 is 11.3 Å². The summed E-state index contributed by atoms with van der Waals surface area (Å²) in [5.41, 5.74) is 0.702. The van der Waals surface area contributed by atoms with Crippen molar-refractivity contribution in [1.82, 2.24) is 19.5 Å². The van der Waals surface area contributed by atoms with Gasteiger partial charge in [0.15, 0.2) is 0 Å². The van der Waals surface area contributed by atoms with Crippen molar-refractivity contribution in [2.45, 2.75) is 26.3 Å². The Morgan fingerprint density at radius 3 is 3.21 bits per heavy atom. The SMILES string of the molecule is CCCc1nccn1Cc1nc2ccsc2c(=O)[nH]1. The second-order valence-corrected chi connectivity index (χ2v) is 5.29. The number of rotatable bonds is 4. The minimum absolute atomic E-state index is 0.0628. The molecule has 0 spiro atoms. The van der Waals surface area contributed by atoms with Crippen LogP contribution in [-0.4, -0.2) is 19.5 Å². The maximum absolute atomic E-state index is 11.9. The molecule has 0 aromatic carbocycles. The molecule has 3 rings (SSSR count). The molecule has 3 aromatic heterocycles. The first-order valence-corrected chi connectivity index (χ1v) is 7.12. The lowest BCUT2D eigenvalue weighted by Crippen LogP contribution is -2.14. The summed E-state index contributed by atoms with van der Waals surface area (Å²) in [6.07, 6.45) is 5.68. The second kappa shape index (κ2) is 4.97. The molecule has 6 heteroatoms. The van der Waals surface area contributed by atoms with Gasteiger partial charge in [-0.15, -0.1) is 11.3 Å². The highest BCUT2D eigenvalue weighted by Gasteiger charge is 2.07. The number of imidazole rings is 1. The van der Waals surface area contributed by atoms with Crippen LogP contribution in [0, 0.1) is 0 Å². The Bertz CT molecular complexity index is 755. The van der Waals surface area contributed by atoms with Gasteiger partial charge in [0, 0.05) is 18.8 Å². The molecule has 0 fully saturated rings. The van der Waals surface area contributed by atoms with Crippen molar-refractivity contribution in [3.63, 3.8) is 0 Å². The molecule has 0 radical (unpaired) electrons. The lowest BCUT2D eigenvalue weighted by molar-refractivity contribution is 0.678. The molecule has 0 aliphatic carbocycles. The minimum atomic E-state index is -0.0628. The van der Waals surface area contributed by atoms with Crippen LogP contribution in [0.1, 0.15) is 25.0 Å². The summed E-state index contributed by atoms with van der Waals surface area (Å²) in [6.45, 7) is 2.67. The number of aromatic amines is 1. The Morgan fingerprint density at radius 2 is 2.37 bits per heavy atom. The van der Waals surface area contributed by atoms with Crippen molar-refractivity contribution in [3.05, 3.63) is 45.8 Å². The van der Waals surface area contributed by atoms with Gasteiger partial charge in [-0.2, -0.15) is 0 Å². The van der Waals surface area contributed by atoms with E-state index in [0.29, 0.717) is 17.1 Å². The number of nitrogens with zero attached hydrogens (tertiary/aromatic N) is 3. The van der Waals surface area contributed by atoms with Gasteiger partial charge in [-0.1, -0.05) is 6.92 Å². The average molecular weight is 274 g/mol. The summed E-state index contributed by atoms with van der Waals surface area (Å²) in [7, 11) is 0. The van der Waals surface area contributed by atoms with Gasteiger partial charge in [0.25, 0.3) is 5.56 Å². The molecule has 0 amide bonds. The van der Waals surface area contributed by atoms with Gasteiger partial charge in [0.05, 0.1) is 12.1 Å². The molecule has 19 heavy (non-hydrogen) atoms. The first-order valence-electron chi connectivity index (χ1n) is 6.24. The molecule has 98 valence electrons. The van der Waals surface area contributed by atoms with E-state index in [9.17, 15) is 4.79 Å². The Kier molecular flexibility index (Phi) is 3.16. The predicted molar refractivity (Wildman–Crippen MR) is 75.6 cm³/mol. The lowest BCUT2D eigenvalue weighted by atomic mass is 10.3. The molecular weight excluding hydrogens is 260 g/mol. The maximum Gasteiger partial charge on any atom is 0.268 e. The number of thiophene rings is 1.